The van der Waals surface area contributed by atoms with Gasteiger partial charge in [0.2, 0.25) is 11.8 Å². The molecule has 0 unspecified atom stereocenters. The van der Waals surface area contributed by atoms with Crippen molar-refractivity contribution in [2.45, 2.75) is 117 Å². The smallest absolute Gasteiger partial charge is 0.227 e. The highest BCUT2D eigenvalue weighted by Gasteiger charge is 2.31. The molecule has 2 amide bonds. The maximum absolute atomic E-state index is 13.0. The predicted octanol–water partition coefficient (Wildman–Crippen LogP) is 9.38. The van der Waals surface area contributed by atoms with Crippen molar-refractivity contribution in [3.05, 3.63) is 116 Å². The molecule has 12 nitrogen and oxygen atoms in total. The van der Waals surface area contributed by atoms with E-state index in [1.54, 1.807) is 6.20 Å². The van der Waals surface area contributed by atoms with Gasteiger partial charge in [0, 0.05) is 29.4 Å². The summed E-state index contributed by atoms with van der Waals surface area (Å²) in [6, 6.07) is 26.7. The van der Waals surface area contributed by atoms with E-state index in [1.165, 1.54) is 0 Å². The van der Waals surface area contributed by atoms with E-state index in [0.717, 1.165) is 84.7 Å². The van der Waals surface area contributed by atoms with Crippen LogP contribution in [0, 0.1) is 3.70 Å². The first-order valence-corrected chi connectivity index (χ1v) is 29.8. The van der Waals surface area contributed by atoms with Gasteiger partial charge in [-0.2, -0.15) is 10.2 Å². The number of hydrogen-bond acceptors (Lipinski definition) is 8. The molecule has 2 atom stereocenters. The van der Waals surface area contributed by atoms with Crippen molar-refractivity contribution in [2.75, 3.05) is 13.2 Å². The Balaban J connectivity index is 0.000000184. The minimum atomic E-state index is -1.12. The zero-order chi connectivity index (χ0) is 43.5. The molecule has 0 saturated heterocycles. The van der Waals surface area contributed by atoms with Gasteiger partial charge in [0.15, 0.2) is 0 Å². The lowest BCUT2D eigenvalue weighted by molar-refractivity contribution is -0.135. The lowest BCUT2D eigenvalue weighted by atomic mass is 9.99. The number of nitrogens with zero attached hydrogens (tertiary/aromatic N) is 8. The SMILES string of the molecule is C[C@H](c1ccccc1)N1Cc2nc3c(I)nn(COCC[Si](C)(C)C)c3cc2CC1=O.C[C@H](c1ccccc1)N1Cc2nc3cnn(COCC[Si](C)(C)C)c3cc2CC1=O. The van der Waals surface area contributed by atoms with E-state index in [9.17, 15) is 9.59 Å². The molecule has 61 heavy (non-hydrogen) atoms. The zero-order valence-electron chi connectivity index (χ0n) is 36.8. The molecule has 6 aromatic rings. The van der Waals surface area contributed by atoms with Crippen LogP contribution in [0.4, 0.5) is 0 Å². The number of hydrogen-bond donors (Lipinski definition) is 0. The molecule has 322 valence electrons. The Morgan fingerprint density at radius 3 is 1.66 bits per heavy atom. The normalized spacial score (nSPS) is 15.4. The van der Waals surface area contributed by atoms with Crippen LogP contribution >= 0.6 is 22.6 Å². The quantitative estimate of drug-likeness (QED) is 0.0602. The molecule has 0 N–H and O–H groups in total. The van der Waals surface area contributed by atoms with Crippen LogP contribution in [-0.4, -0.2) is 80.5 Å². The van der Waals surface area contributed by atoms with Gasteiger partial charge in [0.1, 0.15) is 28.2 Å². The Labute approximate surface area is 375 Å². The molecule has 8 rings (SSSR count). The average Bonchev–Trinajstić information content (AvgIpc) is 3.76. The van der Waals surface area contributed by atoms with Crippen LogP contribution in [0.5, 0.6) is 0 Å². The first-order chi connectivity index (χ1) is 29.0. The molecule has 0 aliphatic carbocycles. The fraction of sp³-hybridized carbons (Fsp3) is 0.435. The van der Waals surface area contributed by atoms with E-state index in [-0.39, 0.29) is 23.9 Å². The zero-order valence-corrected chi connectivity index (χ0v) is 41.0. The van der Waals surface area contributed by atoms with Gasteiger partial charge >= 0.3 is 0 Å². The molecule has 15 heteroatoms. The van der Waals surface area contributed by atoms with Gasteiger partial charge in [0.05, 0.1) is 66.6 Å². The number of carbonyl (C=O) groups excluding carboxylic acids is 2. The van der Waals surface area contributed by atoms with Gasteiger partial charge in [-0.05, 0) is 82.9 Å². The third-order valence-corrected chi connectivity index (χ3v) is 15.7. The molecule has 0 saturated carbocycles. The molecular weight excluding hydrogens is 912 g/mol. The molecule has 0 spiro atoms. The Hall–Kier alpha value is -4.30. The summed E-state index contributed by atoms with van der Waals surface area (Å²) in [7, 11) is -2.23. The lowest BCUT2D eigenvalue weighted by Gasteiger charge is -2.33. The summed E-state index contributed by atoms with van der Waals surface area (Å²) in [6.07, 6.45) is 2.53. The van der Waals surface area contributed by atoms with Crippen LogP contribution in [0.3, 0.4) is 0 Å². The van der Waals surface area contributed by atoms with Crippen LogP contribution in [-0.2, 0) is 58.5 Å². The molecule has 6 heterocycles. The van der Waals surface area contributed by atoms with Crippen LogP contribution in [0.2, 0.25) is 51.4 Å². The predicted molar refractivity (Wildman–Crippen MR) is 254 cm³/mol. The number of ether oxygens (including phenoxy) is 2. The molecular formula is C46H59IN8O4Si2. The minimum absolute atomic E-state index is 0.0147. The summed E-state index contributed by atoms with van der Waals surface area (Å²) < 4.78 is 16.3. The second kappa shape index (κ2) is 19.0. The molecule has 2 aromatic carbocycles. The number of amides is 2. The first kappa shape index (κ1) is 44.8. The van der Waals surface area contributed by atoms with Crippen LogP contribution in [0.15, 0.2) is 79.0 Å². The molecule has 4 aromatic heterocycles. The summed E-state index contributed by atoms with van der Waals surface area (Å²) in [6.45, 7) is 21.6. The van der Waals surface area contributed by atoms with E-state index in [2.05, 4.69) is 122 Å². The van der Waals surface area contributed by atoms with Crippen molar-refractivity contribution >= 4 is 72.6 Å². The van der Waals surface area contributed by atoms with Crippen LogP contribution < -0.4 is 0 Å². The highest BCUT2D eigenvalue weighted by atomic mass is 127. The second-order valence-electron chi connectivity index (χ2n) is 18.7. The van der Waals surface area contributed by atoms with E-state index in [4.69, 9.17) is 19.4 Å². The number of halogens is 1. The number of fused-ring (bicyclic) bond motifs is 4. The third-order valence-electron chi connectivity index (χ3n) is 11.5. The Morgan fingerprint density at radius 1 is 0.672 bits per heavy atom. The lowest BCUT2D eigenvalue weighted by Crippen LogP contribution is -2.38. The summed E-state index contributed by atoms with van der Waals surface area (Å²) in [5.74, 6) is 0.273. The number of aromatic nitrogens is 6. The minimum Gasteiger partial charge on any atom is -0.360 e. The van der Waals surface area contributed by atoms with Gasteiger partial charge in [0.25, 0.3) is 0 Å². The second-order valence-corrected chi connectivity index (χ2v) is 30.9. The van der Waals surface area contributed by atoms with Gasteiger partial charge < -0.3 is 19.3 Å². The summed E-state index contributed by atoms with van der Waals surface area (Å²) >= 11 is 2.24. The van der Waals surface area contributed by atoms with E-state index < -0.39 is 16.1 Å². The fourth-order valence-electron chi connectivity index (χ4n) is 7.62. The van der Waals surface area contributed by atoms with Gasteiger partial charge in [-0.3, -0.25) is 9.59 Å². The van der Waals surface area contributed by atoms with Crippen molar-refractivity contribution in [3.8, 4) is 0 Å². The molecule has 0 bridgehead atoms. The molecule has 2 aliphatic heterocycles. The van der Waals surface area contributed by atoms with Crippen molar-refractivity contribution in [1.82, 2.24) is 39.3 Å². The fourth-order valence-corrected chi connectivity index (χ4v) is 9.79. The maximum Gasteiger partial charge on any atom is 0.227 e. The van der Waals surface area contributed by atoms with E-state index in [0.29, 0.717) is 39.4 Å². The number of pyridine rings is 2. The summed E-state index contributed by atoms with van der Waals surface area (Å²) in [4.78, 5) is 39.5. The molecule has 0 fully saturated rings. The van der Waals surface area contributed by atoms with Crippen LogP contribution in [0.1, 0.15) is 59.6 Å². The Kier molecular flexibility index (Phi) is 13.9. The Morgan fingerprint density at radius 2 is 1.15 bits per heavy atom. The number of carbonyl (C=O) groups is 2. The van der Waals surface area contributed by atoms with E-state index in [1.807, 2.05) is 55.6 Å². The third kappa shape index (κ3) is 11.0. The summed E-state index contributed by atoms with van der Waals surface area (Å²) in [5.41, 5.74) is 9.79. The molecule has 2 aliphatic rings. The maximum atomic E-state index is 13.0. The standard InChI is InChI=1S/C23H29IN4O2Si.C23H30N4O2Si/c1-16(17-8-6-5-7-9-17)27-14-19-18(13-21(27)29)12-20-22(25-19)23(24)26-28(20)15-30-10-11-31(2,3)4;1-17(18-8-6-5-7-9-18)26-15-21-19(13-23(26)28)12-22-20(25-21)14-24-27(22)16-29-10-11-30(2,3)4/h5-9,12,16H,10-11,13-15H2,1-4H3;5-9,12,14,17H,10-11,13,15-16H2,1-4H3/t16-;17-/m11/s1. The highest BCUT2D eigenvalue weighted by Crippen LogP contribution is 2.32. The number of rotatable bonds is 14. The Bertz CT molecular complexity index is 2480. The topological polar surface area (TPSA) is 121 Å². The highest BCUT2D eigenvalue weighted by molar-refractivity contribution is 14.1. The van der Waals surface area contributed by atoms with Gasteiger partial charge in [-0.25, -0.2) is 19.3 Å². The summed E-state index contributed by atoms with van der Waals surface area (Å²) in [5, 5.41) is 9.11. The molecule has 0 radical (unpaired) electrons. The monoisotopic (exact) mass is 970 g/mol. The van der Waals surface area contributed by atoms with Crippen molar-refractivity contribution in [2.24, 2.45) is 0 Å². The number of benzene rings is 2. The van der Waals surface area contributed by atoms with Gasteiger partial charge in [-0.1, -0.05) is 99.9 Å². The first-order valence-electron chi connectivity index (χ1n) is 21.3. The average molecular weight is 971 g/mol. The van der Waals surface area contributed by atoms with Crippen molar-refractivity contribution in [1.29, 1.82) is 0 Å². The largest absolute Gasteiger partial charge is 0.360 e. The van der Waals surface area contributed by atoms with E-state index >= 15 is 0 Å². The van der Waals surface area contributed by atoms with Crippen molar-refractivity contribution in [3.63, 3.8) is 0 Å². The van der Waals surface area contributed by atoms with Gasteiger partial charge in [-0.15, -0.1) is 0 Å². The van der Waals surface area contributed by atoms with Crippen LogP contribution in [0.25, 0.3) is 22.1 Å². The van der Waals surface area contributed by atoms with Crippen molar-refractivity contribution < 1.29 is 19.1 Å².